The minimum Gasteiger partial charge on any atom is -0.480 e. The first-order valence-electron chi connectivity index (χ1n) is 9.53. The minimum atomic E-state index is -1.08. The third-order valence-electron chi connectivity index (χ3n) is 4.36. The largest absolute Gasteiger partial charge is 0.480 e. The fourth-order valence-corrected chi connectivity index (χ4v) is 2.87. The molecule has 1 unspecified atom stereocenters. The molecule has 1 saturated carbocycles. The van der Waals surface area contributed by atoms with Crippen LogP contribution in [0, 0.1) is 0 Å². The van der Waals surface area contributed by atoms with Crippen molar-refractivity contribution < 1.29 is 24.0 Å². The molecule has 2 rings (SSSR count). The Morgan fingerprint density at radius 2 is 1.90 bits per heavy atom. The number of hydrogen-bond donors (Lipinski definition) is 6. The summed E-state index contributed by atoms with van der Waals surface area (Å²) in [5.41, 5.74) is 15.5. The molecule has 0 spiro atoms. The Kier molecular flexibility index (Phi) is 10.0. The first-order valence-corrected chi connectivity index (χ1v) is 9.53. The molecule has 1 aliphatic carbocycles. The van der Waals surface area contributed by atoms with Crippen molar-refractivity contribution in [2.24, 2.45) is 17.2 Å². The zero-order chi connectivity index (χ0) is 21.9. The number of unbranched alkanes of at least 4 members (excludes halogenated alkanes) is 1. The van der Waals surface area contributed by atoms with Crippen LogP contribution in [0.1, 0.15) is 63.6 Å². The van der Waals surface area contributed by atoms with Gasteiger partial charge in [-0.25, -0.2) is 9.59 Å². The quantitative estimate of drug-likeness (QED) is 0.292. The fourth-order valence-electron chi connectivity index (χ4n) is 2.87. The number of carbonyl (C=O) groups is 3. The molecule has 1 aliphatic rings. The Labute approximate surface area is 168 Å². The van der Waals surface area contributed by atoms with Gasteiger partial charge in [0.15, 0.2) is 5.82 Å². The Morgan fingerprint density at radius 3 is 2.45 bits per heavy atom. The lowest BCUT2D eigenvalue weighted by Gasteiger charge is -2.17. The van der Waals surface area contributed by atoms with Gasteiger partial charge in [0.2, 0.25) is 11.8 Å². The summed E-state index contributed by atoms with van der Waals surface area (Å²) in [5, 5.41) is 18.0. The summed E-state index contributed by atoms with van der Waals surface area (Å²) in [6.07, 6.45) is 5.33. The summed E-state index contributed by atoms with van der Waals surface area (Å²) < 4.78 is 5.11. The highest BCUT2D eigenvalue weighted by molar-refractivity contribution is 5.82. The first-order chi connectivity index (χ1) is 13.7. The van der Waals surface area contributed by atoms with E-state index in [-0.39, 0.29) is 18.3 Å². The van der Waals surface area contributed by atoms with E-state index in [1.165, 1.54) is 6.92 Å². The zero-order valence-electron chi connectivity index (χ0n) is 16.6. The Hall–Kier alpha value is -2.73. The van der Waals surface area contributed by atoms with E-state index in [0.29, 0.717) is 31.6 Å². The molecule has 3 amide bonds. The standard InChI is InChI=1S/C15H26N6O4.C2H5NO/c16-8-4-1-5-10(12(22)23)19-14(24)18-9-11-20-13(21-25-11)15(17)6-2-3-7-15;1-2(3)4/h10H,1-9,16-17H2,(H,22,23)(H2,18,19,24);1H3,(H2,3,4). The van der Waals surface area contributed by atoms with Crippen LogP contribution in [-0.2, 0) is 21.7 Å². The Balaban J connectivity index is 0.000000960. The highest BCUT2D eigenvalue weighted by Crippen LogP contribution is 2.34. The summed E-state index contributed by atoms with van der Waals surface area (Å²) in [7, 11) is 0. The molecule has 12 heteroatoms. The van der Waals surface area contributed by atoms with Gasteiger partial charge in [-0.05, 0) is 38.6 Å². The number of nitrogens with two attached hydrogens (primary N) is 3. The van der Waals surface area contributed by atoms with Crippen LogP contribution in [-0.4, -0.2) is 45.7 Å². The summed E-state index contributed by atoms with van der Waals surface area (Å²) in [6.45, 7) is 1.80. The highest BCUT2D eigenvalue weighted by Gasteiger charge is 2.35. The maximum absolute atomic E-state index is 11.9. The number of carbonyl (C=O) groups excluding carboxylic acids is 2. The molecule has 0 radical (unpaired) electrons. The monoisotopic (exact) mass is 413 g/mol. The number of urea groups is 1. The fraction of sp³-hybridized carbons (Fsp3) is 0.706. The van der Waals surface area contributed by atoms with Crippen LogP contribution in [0.4, 0.5) is 4.79 Å². The third kappa shape index (κ3) is 8.87. The van der Waals surface area contributed by atoms with Gasteiger partial charge in [0, 0.05) is 6.92 Å². The van der Waals surface area contributed by atoms with Gasteiger partial charge < -0.3 is 37.5 Å². The van der Waals surface area contributed by atoms with Gasteiger partial charge in [0.1, 0.15) is 6.04 Å². The van der Waals surface area contributed by atoms with Gasteiger partial charge in [0.25, 0.3) is 0 Å². The van der Waals surface area contributed by atoms with Gasteiger partial charge >= 0.3 is 12.0 Å². The van der Waals surface area contributed by atoms with Crippen molar-refractivity contribution in [3.8, 4) is 0 Å². The minimum absolute atomic E-state index is 0.00402. The van der Waals surface area contributed by atoms with Crippen LogP contribution in [0.2, 0.25) is 0 Å². The smallest absolute Gasteiger partial charge is 0.326 e. The van der Waals surface area contributed by atoms with Gasteiger partial charge in [-0.2, -0.15) is 4.98 Å². The van der Waals surface area contributed by atoms with E-state index in [0.717, 1.165) is 25.7 Å². The average Bonchev–Trinajstić information content (AvgIpc) is 3.28. The molecule has 1 fully saturated rings. The van der Waals surface area contributed by atoms with Crippen molar-refractivity contribution in [3.63, 3.8) is 0 Å². The normalized spacial score (nSPS) is 15.7. The molecule has 29 heavy (non-hydrogen) atoms. The van der Waals surface area contributed by atoms with Crippen molar-refractivity contribution in [3.05, 3.63) is 11.7 Å². The van der Waals surface area contributed by atoms with E-state index >= 15 is 0 Å². The molecule has 164 valence electrons. The molecule has 12 nitrogen and oxygen atoms in total. The number of hydrogen-bond acceptors (Lipinski definition) is 8. The second-order valence-corrected chi connectivity index (χ2v) is 6.99. The van der Waals surface area contributed by atoms with Crippen molar-refractivity contribution in [1.82, 2.24) is 20.8 Å². The van der Waals surface area contributed by atoms with Crippen LogP contribution in [0.3, 0.4) is 0 Å². The molecule has 1 heterocycles. The van der Waals surface area contributed by atoms with E-state index in [1.54, 1.807) is 0 Å². The molecular formula is C17H31N7O5. The molecule has 0 aromatic carbocycles. The van der Waals surface area contributed by atoms with Crippen LogP contribution < -0.4 is 27.8 Å². The number of rotatable bonds is 9. The van der Waals surface area contributed by atoms with E-state index in [1.807, 2.05) is 0 Å². The van der Waals surface area contributed by atoms with Crippen LogP contribution in [0.25, 0.3) is 0 Å². The number of aromatic nitrogens is 2. The molecule has 0 aliphatic heterocycles. The number of nitrogens with zero attached hydrogens (tertiary/aromatic N) is 2. The second-order valence-electron chi connectivity index (χ2n) is 6.99. The average molecular weight is 413 g/mol. The van der Waals surface area contributed by atoms with Crippen molar-refractivity contribution in [2.45, 2.75) is 70.0 Å². The number of aliphatic carboxylic acids is 1. The number of carboxylic acids is 1. The second kappa shape index (κ2) is 12.0. The number of primary amides is 1. The SMILES string of the molecule is CC(N)=O.NCCCCC(NC(=O)NCc1nc(C2(N)CCCC2)no1)C(=O)O. The van der Waals surface area contributed by atoms with Gasteiger partial charge in [-0.15, -0.1) is 0 Å². The molecule has 0 saturated heterocycles. The van der Waals surface area contributed by atoms with E-state index < -0.39 is 23.6 Å². The van der Waals surface area contributed by atoms with E-state index in [2.05, 4.69) is 26.5 Å². The van der Waals surface area contributed by atoms with Crippen molar-refractivity contribution in [1.29, 1.82) is 0 Å². The lowest BCUT2D eigenvalue weighted by Crippen LogP contribution is -2.45. The molecule has 1 atom stereocenters. The summed E-state index contributed by atoms with van der Waals surface area (Å²) in [5.74, 6) is -0.733. The lowest BCUT2D eigenvalue weighted by atomic mass is 9.99. The van der Waals surface area contributed by atoms with Gasteiger partial charge in [0.05, 0.1) is 12.1 Å². The Bertz CT molecular complexity index is 669. The molecule has 1 aromatic rings. The maximum atomic E-state index is 11.9. The Morgan fingerprint density at radius 1 is 1.28 bits per heavy atom. The topological polar surface area (TPSA) is 212 Å². The number of carboxylic acid groups (broad SMARTS) is 1. The van der Waals surface area contributed by atoms with Crippen LogP contribution in [0.5, 0.6) is 0 Å². The number of nitrogens with one attached hydrogen (secondary N) is 2. The maximum Gasteiger partial charge on any atom is 0.326 e. The summed E-state index contributed by atoms with van der Waals surface area (Å²) >= 11 is 0. The van der Waals surface area contributed by atoms with Crippen molar-refractivity contribution >= 4 is 17.9 Å². The van der Waals surface area contributed by atoms with E-state index in [4.69, 9.17) is 21.1 Å². The van der Waals surface area contributed by atoms with Crippen LogP contribution in [0.15, 0.2) is 4.52 Å². The van der Waals surface area contributed by atoms with E-state index in [9.17, 15) is 14.4 Å². The van der Waals surface area contributed by atoms with Gasteiger partial charge in [-0.1, -0.05) is 18.0 Å². The third-order valence-corrected chi connectivity index (χ3v) is 4.36. The highest BCUT2D eigenvalue weighted by atomic mass is 16.5. The van der Waals surface area contributed by atoms with Gasteiger partial charge in [-0.3, -0.25) is 4.79 Å². The predicted molar refractivity (Wildman–Crippen MR) is 103 cm³/mol. The summed E-state index contributed by atoms with van der Waals surface area (Å²) in [4.78, 5) is 36.5. The van der Waals surface area contributed by atoms with Crippen LogP contribution >= 0.6 is 0 Å². The van der Waals surface area contributed by atoms with Crippen molar-refractivity contribution in [2.75, 3.05) is 6.54 Å². The lowest BCUT2D eigenvalue weighted by molar-refractivity contribution is -0.139. The number of amides is 3. The molecule has 1 aromatic heterocycles. The first kappa shape index (κ1) is 24.3. The molecular weight excluding hydrogens is 382 g/mol. The molecule has 0 bridgehead atoms. The molecule has 9 N–H and O–H groups in total. The predicted octanol–water partition coefficient (Wildman–Crippen LogP) is -0.329. The summed E-state index contributed by atoms with van der Waals surface area (Å²) in [6, 6.07) is -1.57. The zero-order valence-corrected chi connectivity index (χ0v) is 16.6.